The van der Waals surface area contributed by atoms with Crippen molar-refractivity contribution in [3.8, 4) is 5.75 Å². The van der Waals surface area contributed by atoms with Crippen LogP contribution in [-0.2, 0) is 11.2 Å². The second kappa shape index (κ2) is 7.01. The van der Waals surface area contributed by atoms with E-state index in [1.54, 1.807) is 7.11 Å². The lowest BCUT2D eigenvalue weighted by Gasteiger charge is -2.32. The Morgan fingerprint density at radius 2 is 2.22 bits per heavy atom. The van der Waals surface area contributed by atoms with Gasteiger partial charge in [-0.25, -0.2) is 0 Å². The molecule has 4 heteroatoms. The molecule has 2 aromatic rings. The maximum Gasteiger partial charge on any atom is 0.227 e. The van der Waals surface area contributed by atoms with Crippen molar-refractivity contribution in [1.29, 1.82) is 0 Å². The number of ether oxygens (including phenoxy) is 1. The number of hydrogen-bond donors (Lipinski definition) is 1. The number of rotatable bonds is 4. The van der Waals surface area contributed by atoms with Gasteiger partial charge in [0.15, 0.2) is 0 Å². The van der Waals surface area contributed by atoms with Crippen LogP contribution < -0.4 is 4.74 Å². The average molecular weight is 313 g/mol. The van der Waals surface area contributed by atoms with Crippen LogP contribution in [0.15, 0.2) is 36.4 Å². The van der Waals surface area contributed by atoms with Crippen LogP contribution in [0.1, 0.15) is 18.4 Å². The summed E-state index contributed by atoms with van der Waals surface area (Å²) in [5.41, 5.74) is 1.03. The maximum atomic E-state index is 12.6. The van der Waals surface area contributed by atoms with Crippen LogP contribution >= 0.6 is 0 Å². The number of fused-ring (bicyclic) bond motifs is 1. The third kappa shape index (κ3) is 3.48. The van der Waals surface area contributed by atoms with Gasteiger partial charge in [-0.05, 0) is 47.2 Å². The van der Waals surface area contributed by atoms with Gasteiger partial charge < -0.3 is 14.7 Å². The van der Waals surface area contributed by atoms with Gasteiger partial charge in [-0.15, -0.1) is 0 Å². The lowest BCUT2D eigenvalue weighted by atomic mass is 9.97. The molecule has 1 amide bonds. The Kier molecular flexibility index (Phi) is 4.82. The van der Waals surface area contributed by atoms with E-state index in [1.165, 1.54) is 0 Å². The van der Waals surface area contributed by atoms with Gasteiger partial charge in [-0.2, -0.15) is 0 Å². The van der Waals surface area contributed by atoms with Crippen molar-refractivity contribution < 1.29 is 14.6 Å². The van der Waals surface area contributed by atoms with Gasteiger partial charge in [0, 0.05) is 19.7 Å². The first-order valence-electron chi connectivity index (χ1n) is 8.15. The van der Waals surface area contributed by atoms with E-state index in [2.05, 4.69) is 0 Å². The van der Waals surface area contributed by atoms with Crippen LogP contribution in [0.2, 0.25) is 0 Å². The number of nitrogens with zero attached hydrogens (tertiary/aromatic N) is 1. The molecule has 1 saturated heterocycles. The molecule has 0 radical (unpaired) electrons. The molecular formula is C19H23NO3. The highest BCUT2D eigenvalue weighted by atomic mass is 16.5. The molecular weight excluding hydrogens is 290 g/mol. The van der Waals surface area contributed by atoms with Crippen molar-refractivity contribution in [3.63, 3.8) is 0 Å². The molecule has 0 bridgehead atoms. The molecule has 1 aliphatic heterocycles. The van der Waals surface area contributed by atoms with Crippen molar-refractivity contribution in [2.45, 2.75) is 19.3 Å². The number of carbonyl (C=O) groups is 1. The molecule has 23 heavy (non-hydrogen) atoms. The zero-order valence-electron chi connectivity index (χ0n) is 13.5. The highest BCUT2D eigenvalue weighted by Gasteiger charge is 2.23. The van der Waals surface area contributed by atoms with Crippen LogP contribution in [-0.4, -0.2) is 42.7 Å². The zero-order valence-corrected chi connectivity index (χ0v) is 13.5. The van der Waals surface area contributed by atoms with Crippen molar-refractivity contribution in [2.75, 3.05) is 26.8 Å². The maximum absolute atomic E-state index is 12.6. The minimum atomic E-state index is 0.137. The van der Waals surface area contributed by atoms with Crippen molar-refractivity contribution >= 4 is 16.7 Å². The number of benzene rings is 2. The topological polar surface area (TPSA) is 49.8 Å². The van der Waals surface area contributed by atoms with E-state index in [4.69, 9.17) is 4.74 Å². The molecule has 0 spiro atoms. The fraction of sp³-hybridized carbons (Fsp3) is 0.421. The Bertz CT molecular complexity index is 698. The van der Waals surface area contributed by atoms with Crippen LogP contribution in [0.3, 0.4) is 0 Å². The highest BCUT2D eigenvalue weighted by molar-refractivity contribution is 5.91. The van der Waals surface area contributed by atoms with Crippen molar-refractivity contribution in [1.82, 2.24) is 4.90 Å². The normalized spacial score (nSPS) is 18.2. The minimum Gasteiger partial charge on any atom is -0.497 e. The van der Waals surface area contributed by atoms with Gasteiger partial charge in [-0.3, -0.25) is 4.79 Å². The minimum absolute atomic E-state index is 0.137. The predicted octanol–water partition coefficient (Wildman–Crippen LogP) is 2.62. The van der Waals surface area contributed by atoms with Crippen LogP contribution in [0.5, 0.6) is 5.75 Å². The Hall–Kier alpha value is -2.07. The summed E-state index contributed by atoms with van der Waals surface area (Å²) >= 11 is 0. The summed E-state index contributed by atoms with van der Waals surface area (Å²) < 4.78 is 5.30. The van der Waals surface area contributed by atoms with Gasteiger partial charge in [0.1, 0.15) is 5.75 Å². The second-order valence-electron chi connectivity index (χ2n) is 6.21. The molecule has 0 saturated carbocycles. The Morgan fingerprint density at radius 1 is 1.35 bits per heavy atom. The fourth-order valence-electron chi connectivity index (χ4n) is 3.31. The van der Waals surface area contributed by atoms with E-state index in [0.29, 0.717) is 13.0 Å². The summed E-state index contributed by atoms with van der Waals surface area (Å²) in [4.78, 5) is 14.5. The number of amides is 1. The molecule has 1 aliphatic rings. The molecule has 3 rings (SSSR count). The number of carbonyl (C=O) groups excluding carboxylic acids is 1. The van der Waals surface area contributed by atoms with E-state index in [9.17, 15) is 9.90 Å². The standard InChI is InChI=1S/C19H23NO3/c1-23-17-8-7-15-5-2-6-16(18(15)11-17)10-19(22)20-9-3-4-14(12-20)13-21/h2,5-8,11,14,21H,3-4,9-10,12-13H2,1H3. The molecule has 0 aliphatic carbocycles. The van der Waals surface area contributed by atoms with Crippen LogP contribution in [0, 0.1) is 5.92 Å². The van der Waals surface area contributed by atoms with E-state index >= 15 is 0 Å². The van der Waals surface area contributed by atoms with Crippen molar-refractivity contribution in [3.05, 3.63) is 42.0 Å². The highest BCUT2D eigenvalue weighted by Crippen LogP contribution is 2.25. The Labute approximate surface area is 136 Å². The molecule has 0 aromatic heterocycles. The largest absolute Gasteiger partial charge is 0.497 e. The smallest absolute Gasteiger partial charge is 0.227 e. The number of aliphatic hydroxyl groups excluding tert-OH is 1. The molecule has 1 fully saturated rings. The summed E-state index contributed by atoms with van der Waals surface area (Å²) in [5, 5.41) is 11.5. The first-order valence-corrected chi connectivity index (χ1v) is 8.15. The molecule has 2 aromatic carbocycles. The molecule has 1 heterocycles. The quantitative estimate of drug-likeness (QED) is 0.944. The van der Waals surface area contributed by atoms with E-state index in [0.717, 1.165) is 41.5 Å². The third-order valence-electron chi connectivity index (χ3n) is 4.65. The van der Waals surface area contributed by atoms with Gasteiger partial charge in [-0.1, -0.05) is 24.3 Å². The number of aliphatic hydroxyl groups is 1. The third-order valence-corrected chi connectivity index (χ3v) is 4.65. The number of methoxy groups -OCH3 is 1. The molecule has 1 unspecified atom stereocenters. The Morgan fingerprint density at radius 3 is 3.00 bits per heavy atom. The lowest BCUT2D eigenvalue weighted by Crippen LogP contribution is -2.41. The predicted molar refractivity (Wildman–Crippen MR) is 90.6 cm³/mol. The van der Waals surface area contributed by atoms with Gasteiger partial charge in [0.25, 0.3) is 0 Å². The van der Waals surface area contributed by atoms with E-state index < -0.39 is 0 Å². The summed E-state index contributed by atoms with van der Waals surface area (Å²) in [6.07, 6.45) is 2.37. The second-order valence-corrected chi connectivity index (χ2v) is 6.21. The number of hydrogen-bond acceptors (Lipinski definition) is 3. The first kappa shape index (κ1) is 15.8. The first-order chi connectivity index (χ1) is 11.2. The molecule has 4 nitrogen and oxygen atoms in total. The number of piperidine rings is 1. The molecule has 1 N–H and O–H groups in total. The van der Waals surface area contributed by atoms with E-state index in [1.807, 2.05) is 41.3 Å². The SMILES string of the molecule is COc1ccc2cccc(CC(=O)N3CCCC(CO)C3)c2c1. The summed E-state index contributed by atoms with van der Waals surface area (Å²) in [6.45, 7) is 1.63. The summed E-state index contributed by atoms with van der Waals surface area (Å²) in [6, 6.07) is 12.0. The number of likely N-dealkylation sites (tertiary alicyclic amines) is 1. The van der Waals surface area contributed by atoms with Crippen molar-refractivity contribution in [2.24, 2.45) is 5.92 Å². The molecule has 1 atom stereocenters. The van der Waals surface area contributed by atoms with Gasteiger partial charge in [0.2, 0.25) is 5.91 Å². The summed E-state index contributed by atoms with van der Waals surface area (Å²) in [7, 11) is 1.65. The van der Waals surface area contributed by atoms with E-state index in [-0.39, 0.29) is 18.4 Å². The van der Waals surface area contributed by atoms with Crippen LogP contribution in [0.4, 0.5) is 0 Å². The average Bonchev–Trinajstić information content (AvgIpc) is 2.61. The fourth-order valence-corrected chi connectivity index (χ4v) is 3.31. The van der Waals surface area contributed by atoms with Crippen LogP contribution in [0.25, 0.3) is 10.8 Å². The molecule has 122 valence electrons. The monoisotopic (exact) mass is 313 g/mol. The zero-order chi connectivity index (χ0) is 16.2. The van der Waals surface area contributed by atoms with Gasteiger partial charge >= 0.3 is 0 Å². The Balaban J connectivity index is 1.81. The summed E-state index contributed by atoms with van der Waals surface area (Å²) in [5.74, 6) is 1.16. The van der Waals surface area contributed by atoms with Gasteiger partial charge in [0.05, 0.1) is 13.5 Å². The lowest BCUT2D eigenvalue weighted by molar-refractivity contribution is -0.132.